The second kappa shape index (κ2) is 7.92. The zero-order chi connectivity index (χ0) is 20.4. The summed E-state index contributed by atoms with van der Waals surface area (Å²) in [5.74, 6) is -0.713. The van der Waals surface area contributed by atoms with Crippen molar-refractivity contribution in [2.75, 3.05) is 5.01 Å². The van der Waals surface area contributed by atoms with Crippen LogP contribution in [-0.2, 0) is 4.79 Å². The molecule has 144 valence electrons. The van der Waals surface area contributed by atoms with Crippen molar-refractivity contribution in [3.05, 3.63) is 69.3 Å². The van der Waals surface area contributed by atoms with Crippen LogP contribution in [0.5, 0.6) is 5.75 Å². The van der Waals surface area contributed by atoms with Crippen molar-refractivity contribution in [1.29, 1.82) is 0 Å². The van der Waals surface area contributed by atoms with Gasteiger partial charge in [-0.1, -0.05) is 23.2 Å². The zero-order valence-corrected chi connectivity index (χ0v) is 16.5. The highest BCUT2D eigenvalue weighted by Crippen LogP contribution is 2.30. The highest BCUT2D eigenvalue weighted by molar-refractivity contribution is 6.42. The Hall–Kier alpha value is -3.03. The number of benzene rings is 2. The quantitative estimate of drug-likeness (QED) is 0.521. The second-order valence-electron chi connectivity index (χ2n) is 6.03. The largest absolute Gasteiger partial charge is 0.508 e. The Labute approximate surface area is 171 Å². The van der Waals surface area contributed by atoms with Gasteiger partial charge >= 0.3 is 0 Å². The highest BCUT2D eigenvalue weighted by Gasteiger charge is 2.31. The number of hydrogen-bond donors (Lipinski definition) is 3. The van der Waals surface area contributed by atoms with Crippen LogP contribution in [0.3, 0.4) is 0 Å². The summed E-state index contributed by atoms with van der Waals surface area (Å²) < 4.78 is 0. The zero-order valence-electron chi connectivity index (χ0n) is 15.0. The van der Waals surface area contributed by atoms with Gasteiger partial charge in [-0.2, -0.15) is 10.1 Å². The summed E-state index contributed by atoms with van der Waals surface area (Å²) in [6.45, 7) is 3.35. The van der Waals surface area contributed by atoms with Crippen LogP contribution in [-0.4, -0.2) is 22.6 Å². The normalized spacial score (nSPS) is 15.4. The molecule has 0 spiro atoms. The summed E-state index contributed by atoms with van der Waals surface area (Å²) in [6.07, 6.45) is 0. The Bertz CT molecular complexity index is 1020. The summed E-state index contributed by atoms with van der Waals surface area (Å²) in [4.78, 5) is 25.0. The number of hydrazine groups is 1. The topological polar surface area (TPSA) is 94.0 Å². The summed E-state index contributed by atoms with van der Waals surface area (Å²) in [7, 11) is 0. The van der Waals surface area contributed by atoms with E-state index in [0.717, 1.165) is 0 Å². The van der Waals surface area contributed by atoms with E-state index in [2.05, 4.69) is 16.0 Å². The van der Waals surface area contributed by atoms with Gasteiger partial charge in [-0.15, -0.1) is 0 Å². The van der Waals surface area contributed by atoms with E-state index in [0.29, 0.717) is 38.3 Å². The molecule has 2 aromatic rings. The van der Waals surface area contributed by atoms with Crippen molar-refractivity contribution >= 4 is 46.4 Å². The molecule has 2 aromatic carbocycles. The van der Waals surface area contributed by atoms with Crippen molar-refractivity contribution in [2.24, 2.45) is 5.10 Å². The van der Waals surface area contributed by atoms with Crippen LogP contribution in [0.4, 0.5) is 5.69 Å². The first kappa shape index (κ1) is 19.7. The van der Waals surface area contributed by atoms with Crippen LogP contribution in [0.1, 0.15) is 24.2 Å². The van der Waals surface area contributed by atoms with Crippen molar-refractivity contribution in [2.45, 2.75) is 13.8 Å². The van der Waals surface area contributed by atoms with E-state index in [-0.39, 0.29) is 11.7 Å². The van der Waals surface area contributed by atoms with Crippen molar-refractivity contribution in [3.63, 3.8) is 0 Å². The third-order valence-corrected chi connectivity index (χ3v) is 4.77. The lowest BCUT2D eigenvalue weighted by atomic mass is 10.1. The average molecular weight is 419 g/mol. The van der Waals surface area contributed by atoms with Gasteiger partial charge in [0.25, 0.3) is 11.8 Å². The lowest BCUT2D eigenvalue weighted by Gasteiger charge is -2.14. The van der Waals surface area contributed by atoms with Gasteiger partial charge in [0.2, 0.25) is 0 Å². The van der Waals surface area contributed by atoms with Gasteiger partial charge in [-0.25, -0.2) is 0 Å². The number of aromatic hydroxyl groups is 1. The molecule has 1 heterocycles. The van der Waals surface area contributed by atoms with Gasteiger partial charge in [0.1, 0.15) is 5.75 Å². The molecule has 0 unspecified atom stereocenters. The minimum Gasteiger partial charge on any atom is -0.508 e. The lowest BCUT2D eigenvalue weighted by Crippen LogP contribution is -2.37. The fourth-order valence-corrected chi connectivity index (χ4v) is 2.92. The minimum absolute atomic E-state index is 0.0635. The van der Waals surface area contributed by atoms with Crippen molar-refractivity contribution < 1.29 is 14.7 Å². The molecule has 0 radical (unpaired) electrons. The van der Waals surface area contributed by atoms with Crippen molar-refractivity contribution in [3.8, 4) is 5.75 Å². The van der Waals surface area contributed by atoms with Crippen molar-refractivity contribution in [1.82, 2.24) is 10.9 Å². The van der Waals surface area contributed by atoms with E-state index in [1.54, 1.807) is 32.0 Å². The molecule has 2 amide bonds. The number of carbonyl (C=O) groups is 2. The summed E-state index contributed by atoms with van der Waals surface area (Å²) in [5.41, 5.74) is 7.33. The molecular formula is C19H16Cl2N4O3. The van der Waals surface area contributed by atoms with Gasteiger partial charge < -0.3 is 10.5 Å². The monoisotopic (exact) mass is 418 g/mol. The molecule has 28 heavy (non-hydrogen) atoms. The number of hydrazone groups is 1. The predicted molar refractivity (Wildman–Crippen MR) is 108 cm³/mol. The number of allylic oxidation sites excluding steroid dienone is 1. The van der Waals surface area contributed by atoms with E-state index < -0.39 is 5.91 Å². The van der Waals surface area contributed by atoms with Gasteiger partial charge in [0, 0.05) is 11.3 Å². The molecule has 3 rings (SSSR count). The molecule has 7 nitrogen and oxygen atoms in total. The van der Waals surface area contributed by atoms with E-state index in [1.807, 2.05) is 0 Å². The highest BCUT2D eigenvalue weighted by atomic mass is 35.5. The lowest BCUT2D eigenvalue weighted by molar-refractivity contribution is -0.114. The Morgan fingerprint density at radius 2 is 1.75 bits per heavy atom. The second-order valence-corrected chi connectivity index (χ2v) is 6.84. The molecule has 0 atom stereocenters. The van der Waals surface area contributed by atoms with Crippen LogP contribution in [0.2, 0.25) is 10.0 Å². The molecule has 3 N–H and O–H groups in total. The smallest absolute Gasteiger partial charge is 0.282 e. The van der Waals surface area contributed by atoms with Crippen LogP contribution < -0.4 is 15.9 Å². The molecule has 1 aliphatic rings. The first-order valence-electron chi connectivity index (χ1n) is 8.19. The number of carbonyl (C=O) groups excluding carboxylic acids is 2. The molecule has 0 saturated heterocycles. The Balaban J connectivity index is 1.76. The maximum atomic E-state index is 12.8. The first-order valence-corrected chi connectivity index (χ1v) is 8.95. The standard InChI is InChI=1S/C19H16Cl2N4O3/c1-10(22-23-18(27)12-3-6-14(26)7-4-12)17-11(2)24-25(19(17)28)13-5-8-15(20)16(21)9-13/h3-9,22,26H,1-2H3,(H,23,27)/b17-10-. The van der Waals surface area contributed by atoms with E-state index in [1.165, 1.54) is 29.3 Å². The van der Waals surface area contributed by atoms with Gasteiger partial charge in [-0.3, -0.25) is 15.0 Å². The number of halogens is 2. The third kappa shape index (κ3) is 3.95. The van der Waals surface area contributed by atoms with Crippen LogP contribution in [0, 0.1) is 0 Å². The summed E-state index contributed by atoms with van der Waals surface area (Å²) in [6, 6.07) is 10.6. The van der Waals surface area contributed by atoms with Gasteiger partial charge in [0.05, 0.1) is 27.0 Å². The Morgan fingerprint density at radius 1 is 1.07 bits per heavy atom. The van der Waals surface area contributed by atoms with Gasteiger partial charge in [-0.05, 0) is 56.3 Å². The maximum Gasteiger partial charge on any atom is 0.282 e. The molecule has 0 bridgehead atoms. The molecule has 1 aliphatic heterocycles. The number of amides is 2. The number of phenols is 1. The van der Waals surface area contributed by atoms with E-state index in [9.17, 15) is 14.7 Å². The predicted octanol–water partition coefficient (Wildman–Crippen LogP) is 3.63. The van der Waals surface area contributed by atoms with Crippen LogP contribution >= 0.6 is 23.2 Å². The molecule has 0 aromatic heterocycles. The molecule has 0 aliphatic carbocycles. The van der Waals surface area contributed by atoms with Crippen LogP contribution in [0.25, 0.3) is 0 Å². The molecule has 0 fully saturated rings. The molecule has 0 saturated carbocycles. The maximum absolute atomic E-state index is 12.8. The SMILES string of the molecule is CC1=NN(c2ccc(Cl)c(Cl)c2)C(=O)/C1=C(/C)NNC(=O)c1ccc(O)cc1. The van der Waals surface area contributed by atoms with Gasteiger partial charge in [0.15, 0.2) is 0 Å². The fourth-order valence-electron chi connectivity index (χ4n) is 2.63. The minimum atomic E-state index is -0.415. The number of nitrogens with one attached hydrogen (secondary N) is 2. The third-order valence-electron chi connectivity index (χ3n) is 4.03. The molecular weight excluding hydrogens is 403 g/mol. The number of nitrogens with zero attached hydrogens (tertiary/aromatic N) is 2. The number of anilines is 1. The summed E-state index contributed by atoms with van der Waals surface area (Å²) in [5, 5.41) is 15.5. The number of rotatable bonds is 4. The Morgan fingerprint density at radius 3 is 2.39 bits per heavy atom. The Kier molecular flexibility index (Phi) is 5.58. The average Bonchev–Trinajstić information content (AvgIpc) is 2.96. The first-order chi connectivity index (χ1) is 13.3. The summed E-state index contributed by atoms with van der Waals surface area (Å²) >= 11 is 11.9. The fraction of sp³-hybridized carbons (Fsp3) is 0.105. The van der Waals surface area contributed by atoms with Crippen LogP contribution in [0.15, 0.2) is 58.8 Å². The van der Waals surface area contributed by atoms with E-state index >= 15 is 0 Å². The number of phenolic OH excluding ortho intramolecular Hbond substituents is 1. The number of hydrogen-bond acceptors (Lipinski definition) is 5. The van der Waals surface area contributed by atoms with E-state index in [4.69, 9.17) is 23.2 Å². The molecule has 9 heteroatoms.